The molecule has 0 radical (unpaired) electrons. The standard InChI is InChI=1S/C21H20N4/c1-14-12-17(6-11-20(14)25)21(13-22,15-2-7-18(23)8-3-15)16-4-9-19(24)10-5-16/h2-12H,23-25H2,1H3. The second-order valence-electron chi connectivity index (χ2n) is 6.18. The van der Waals surface area contributed by atoms with E-state index in [1.54, 1.807) is 0 Å². The van der Waals surface area contributed by atoms with Crippen LogP contribution in [0.2, 0.25) is 0 Å². The largest absolute Gasteiger partial charge is 0.399 e. The van der Waals surface area contributed by atoms with Gasteiger partial charge in [-0.2, -0.15) is 5.26 Å². The molecule has 0 bridgehead atoms. The number of hydrogen-bond donors (Lipinski definition) is 3. The van der Waals surface area contributed by atoms with E-state index in [2.05, 4.69) is 6.07 Å². The minimum Gasteiger partial charge on any atom is -0.399 e. The van der Waals surface area contributed by atoms with E-state index in [4.69, 9.17) is 17.2 Å². The zero-order chi connectivity index (χ0) is 18.0. The van der Waals surface area contributed by atoms with Crippen LogP contribution in [0.25, 0.3) is 0 Å². The van der Waals surface area contributed by atoms with Gasteiger partial charge < -0.3 is 17.2 Å². The molecule has 4 nitrogen and oxygen atoms in total. The first-order valence-electron chi connectivity index (χ1n) is 7.97. The third-order valence-corrected chi connectivity index (χ3v) is 4.56. The lowest BCUT2D eigenvalue weighted by molar-refractivity contribution is 0.794. The van der Waals surface area contributed by atoms with Crippen molar-refractivity contribution < 1.29 is 0 Å². The monoisotopic (exact) mass is 328 g/mol. The maximum absolute atomic E-state index is 10.3. The summed E-state index contributed by atoms with van der Waals surface area (Å²) in [6.45, 7) is 1.94. The topological polar surface area (TPSA) is 102 Å². The van der Waals surface area contributed by atoms with Gasteiger partial charge in [-0.1, -0.05) is 36.4 Å². The highest BCUT2D eigenvalue weighted by Gasteiger charge is 2.37. The molecule has 0 atom stereocenters. The molecule has 0 aliphatic heterocycles. The smallest absolute Gasteiger partial charge is 0.132 e. The van der Waals surface area contributed by atoms with Crippen LogP contribution in [0, 0.1) is 18.3 Å². The molecule has 0 unspecified atom stereocenters. The molecule has 0 aliphatic carbocycles. The summed E-state index contributed by atoms with van der Waals surface area (Å²) >= 11 is 0. The van der Waals surface area contributed by atoms with Crippen LogP contribution in [-0.4, -0.2) is 0 Å². The van der Waals surface area contributed by atoms with E-state index in [1.807, 2.05) is 73.7 Å². The van der Waals surface area contributed by atoms with Crippen LogP contribution in [0.15, 0.2) is 66.7 Å². The fourth-order valence-electron chi connectivity index (χ4n) is 3.07. The van der Waals surface area contributed by atoms with E-state index in [0.717, 1.165) is 22.3 Å². The molecule has 0 amide bonds. The molecule has 4 heteroatoms. The number of nitrogen functional groups attached to an aromatic ring is 3. The van der Waals surface area contributed by atoms with Gasteiger partial charge in [-0.15, -0.1) is 0 Å². The summed E-state index contributed by atoms with van der Waals surface area (Å²) in [7, 11) is 0. The number of hydrogen-bond acceptors (Lipinski definition) is 4. The van der Waals surface area contributed by atoms with Crippen LogP contribution in [0.5, 0.6) is 0 Å². The molecular formula is C21H20N4. The molecule has 3 aromatic carbocycles. The van der Waals surface area contributed by atoms with Crippen molar-refractivity contribution in [3.8, 4) is 6.07 Å². The zero-order valence-electron chi connectivity index (χ0n) is 14.0. The predicted octanol–water partition coefficient (Wildman–Crippen LogP) is 3.60. The highest BCUT2D eigenvalue weighted by Crippen LogP contribution is 2.40. The summed E-state index contributed by atoms with van der Waals surface area (Å²) < 4.78 is 0. The number of nitrogens with two attached hydrogens (primary N) is 3. The number of aryl methyl sites for hydroxylation is 1. The molecule has 25 heavy (non-hydrogen) atoms. The Balaban J connectivity index is 2.33. The molecule has 0 saturated heterocycles. The Labute approximate surface area is 147 Å². The molecule has 3 rings (SSSR count). The summed E-state index contributed by atoms with van der Waals surface area (Å²) in [5.41, 5.74) is 22.2. The lowest BCUT2D eigenvalue weighted by Gasteiger charge is -2.29. The van der Waals surface area contributed by atoms with Crippen molar-refractivity contribution in [3.63, 3.8) is 0 Å². The van der Waals surface area contributed by atoms with Crippen molar-refractivity contribution in [2.24, 2.45) is 0 Å². The summed E-state index contributed by atoms with van der Waals surface area (Å²) in [4.78, 5) is 0. The van der Waals surface area contributed by atoms with Crippen LogP contribution >= 0.6 is 0 Å². The zero-order valence-corrected chi connectivity index (χ0v) is 14.0. The van der Waals surface area contributed by atoms with Gasteiger partial charge in [-0.05, 0) is 59.5 Å². The van der Waals surface area contributed by atoms with E-state index in [-0.39, 0.29) is 0 Å². The summed E-state index contributed by atoms with van der Waals surface area (Å²) in [5, 5.41) is 10.3. The number of nitrogens with zero attached hydrogens (tertiary/aromatic N) is 1. The Hall–Kier alpha value is -3.45. The highest BCUT2D eigenvalue weighted by atomic mass is 14.6. The van der Waals surface area contributed by atoms with E-state index in [0.29, 0.717) is 17.1 Å². The first kappa shape index (κ1) is 16.4. The summed E-state index contributed by atoms with van der Waals surface area (Å²) in [5.74, 6) is 0. The summed E-state index contributed by atoms with van der Waals surface area (Å²) in [6, 6.07) is 23.0. The predicted molar refractivity (Wildman–Crippen MR) is 103 cm³/mol. The normalized spacial score (nSPS) is 11.0. The average Bonchev–Trinajstić information content (AvgIpc) is 2.62. The van der Waals surface area contributed by atoms with E-state index < -0.39 is 5.41 Å². The van der Waals surface area contributed by atoms with Crippen molar-refractivity contribution in [3.05, 3.63) is 89.0 Å². The Morgan fingerprint density at radius 2 is 1.16 bits per heavy atom. The molecular weight excluding hydrogens is 308 g/mol. The Bertz CT molecular complexity index is 890. The molecule has 0 heterocycles. The van der Waals surface area contributed by atoms with Crippen LogP contribution in [0.4, 0.5) is 17.1 Å². The quantitative estimate of drug-likeness (QED) is 0.505. The molecule has 0 saturated carbocycles. The van der Waals surface area contributed by atoms with Crippen LogP contribution in [-0.2, 0) is 5.41 Å². The van der Waals surface area contributed by atoms with Crippen molar-refractivity contribution in [2.75, 3.05) is 17.2 Å². The number of benzene rings is 3. The first-order valence-corrected chi connectivity index (χ1v) is 7.97. The van der Waals surface area contributed by atoms with Gasteiger partial charge in [-0.25, -0.2) is 0 Å². The Morgan fingerprint density at radius 3 is 1.56 bits per heavy atom. The van der Waals surface area contributed by atoms with Gasteiger partial charge in [-0.3, -0.25) is 0 Å². The lowest BCUT2D eigenvalue weighted by atomic mass is 9.70. The molecule has 6 N–H and O–H groups in total. The average molecular weight is 328 g/mol. The van der Waals surface area contributed by atoms with Gasteiger partial charge in [0.15, 0.2) is 0 Å². The first-order chi connectivity index (χ1) is 12.0. The SMILES string of the molecule is Cc1cc(C(C#N)(c2ccc(N)cc2)c2ccc(N)cc2)ccc1N. The molecule has 0 aromatic heterocycles. The Morgan fingerprint density at radius 1 is 0.720 bits per heavy atom. The van der Waals surface area contributed by atoms with Gasteiger partial charge in [0, 0.05) is 17.1 Å². The minimum absolute atomic E-state index is 0.654. The maximum atomic E-state index is 10.3. The third-order valence-electron chi connectivity index (χ3n) is 4.56. The second-order valence-corrected chi connectivity index (χ2v) is 6.18. The second kappa shape index (κ2) is 6.21. The van der Waals surface area contributed by atoms with E-state index >= 15 is 0 Å². The number of rotatable bonds is 3. The van der Waals surface area contributed by atoms with E-state index in [9.17, 15) is 5.26 Å². The number of anilines is 3. The highest BCUT2D eigenvalue weighted by molar-refractivity contribution is 5.62. The molecule has 124 valence electrons. The maximum Gasteiger partial charge on any atom is 0.132 e. The van der Waals surface area contributed by atoms with Gasteiger partial charge in [0.25, 0.3) is 0 Å². The number of nitriles is 1. The van der Waals surface area contributed by atoms with Gasteiger partial charge in [0.1, 0.15) is 5.41 Å². The molecule has 3 aromatic rings. The van der Waals surface area contributed by atoms with Crippen LogP contribution in [0.3, 0.4) is 0 Å². The van der Waals surface area contributed by atoms with Crippen molar-refractivity contribution >= 4 is 17.1 Å². The molecule has 0 aliphatic rings. The minimum atomic E-state index is -0.972. The molecule has 0 fully saturated rings. The van der Waals surface area contributed by atoms with Crippen LogP contribution in [0.1, 0.15) is 22.3 Å². The third kappa shape index (κ3) is 2.77. The fraction of sp³-hybridized carbons (Fsp3) is 0.0952. The van der Waals surface area contributed by atoms with Crippen molar-refractivity contribution in [1.82, 2.24) is 0 Å². The lowest BCUT2D eigenvalue weighted by Crippen LogP contribution is -2.27. The van der Waals surface area contributed by atoms with Gasteiger partial charge >= 0.3 is 0 Å². The fourth-order valence-corrected chi connectivity index (χ4v) is 3.07. The summed E-state index contributed by atoms with van der Waals surface area (Å²) in [6.07, 6.45) is 0. The van der Waals surface area contributed by atoms with Gasteiger partial charge in [0.2, 0.25) is 0 Å². The van der Waals surface area contributed by atoms with Crippen molar-refractivity contribution in [1.29, 1.82) is 5.26 Å². The van der Waals surface area contributed by atoms with Gasteiger partial charge in [0.05, 0.1) is 6.07 Å². The molecule has 0 spiro atoms. The Kier molecular flexibility index (Phi) is 4.08. The van der Waals surface area contributed by atoms with Crippen molar-refractivity contribution in [2.45, 2.75) is 12.3 Å². The van der Waals surface area contributed by atoms with Crippen LogP contribution < -0.4 is 17.2 Å². The van der Waals surface area contributed by atoms with E-state index in [1.165, 1.54) is 0 Å².